The third-order valence-electron chi connectivity index (χ3n) is 4.12. The van der Waals surface area contributed by atoms with Crippen LogP contribution in [-0.4, -0.2) is 13.1 Å². The van der Waals surface area contributed by atoms with Gasteiger partial charge in [-0.15, -0.1) is 0 Å². The Labute approximate surface area is 91.0 Å². The maximum Gasteiger partial charge on any atom is 0.330 e. The molecule has 2 heteroatoms. The summed E-state index contributed by atoms with van der Waals surface area (Å²) in [5.74, 6) is 1.21. The van der Waals surface area contributed by atoms with Gasteiger partial charge in [0.05, 0.1) is 7.11 Å². The number of fused-ring (bicyclic) bond motifs is 1. The summed E-state index contributed by atoms with van der Waals surface area (Å²) >= 11 is 0. The van der Waals surface area contributed by atoms with Crippen LogP contribution in [0.2, 0.25) is 0 Å². The fourth-order valence-electron chi connectivity index (χ4n) is 2.82. The molecule has 3 aliphatic rings. The molecular weight excluding hydrogens is 188 g/mol. The Morgan fingerprint density at radius 3 is 2.87 bits per heavy atom. The summed E-state index contributed by atoms with van der Waals surface area (Å²) in [6.45, 7) is 4.65. The average Bonchev–Trinajstić information content (AvgIpc) is 2.25. The molecule has 0 aromatic rings. The van der Waals surface area contributed by atoms with Gasteiger partial charge in [0, 0.05) is 6.08 Å². The van der Waals surface area contributed by atoms with E-state index in [1.54, 1.807) is 0 Å². The van der Waals surface area contributed by atoms with Gasteiger partial charge in [-0.25, -0.2) is 4.79 Å². The SMILES string of the molecule is COC(=O)C=CC1=CCC2CC1C2(C)C. The van der Waals surface area contributed by atoms with Crippen molar-refractivity contribution in [2.24, 2.45) is 17.3 Å². The summed E-state index contributed by atoms with van der Waals surface area (Å²) in [5.41, 5.74) is 1.73. The number of hydrogen-bond acceptors (Lipinski definition) is 2. The summed E-state index contributed by atoms with van der Waals surface area (Å²) < 4.78 is 4.59. The van der Waals surface area contributed by atoms with Crippen LogP contribution in [0.4, 0.5) is 0 Å². The molecule has 0 saturated heterocycles. The first-order chi connectivity index (χ1) is 7.05. The summed E-state index contributed by atoms with van der Waals surface area (Å²) in [7, 11) is 1.41. The second-order valence-electron chi connectivity index (χ2n) is 5.10. The molecule has 2 nitrogen and oxygen atoms in total. The molecule has 0 aromatic carbocycles. The first kappa shape index (κ1) is 10.5. The van der Waals surface area contributed by atoms with Gasteiger partial charge in [0.15, 0.2) is 0 Å². The van der Waals surface area contributed by atoms with Gasteiger partial charge in [-0.2, -0.15) is 0 Å². The van der Waals surface area contributed by atoms with E-state index < -0.39 is 0 Å². The zero-order valence-electron chi connectivity index (χ0n) is 9.62. The summed E-state index contributed by atoms with van der Waals surface area (Å²) in [6.07, 6.45) is 8.16. The highest BCUT2D eigenvalue weighted by atomic mass is 16.5. The van der Waals surface area contributed by atoms with E-state index in [-0.39, 0.29) is 5.97 Å². The molecular formula is C13H18O2. The van der Waals surface area contributed by atoms with Crippen molar-refractivity contribution in [2.45, 2.75) is 26.7 Å². The Hall–Kier alpha value is -1.05. The van der Waals surface area contributed by atoms with Crippen LogP contribution in [0.25, 0.3) is 0 Å². The summed E-state index contributed by atoms with van der Waals surface area (Å²) in [4.78, 5) is 11.0. The number of rotatable bonds is 2. The molecule has 0 aromatic heterocycles. The van der Waals surface area contributed by atoms with Crippen molar-refractivity contribution in [1.82, 2.24) is 0 Å². The first-order valence-corrected chi connectivity index (χ1v) is 5.51. The molecule has 3 rings (SSSR count). The Morgan fingerprint density at radius 1 is 1.60 bits per heavy atom. The zero-order chi connectivity index (χ0) is 11.1. The van der Waals surface area contributed by atoms with Crippen LogP contribution < -0.4 is 0 Å². The predicted molar refractivity (Wildman–Crippen MR) is 59.2 cm³/mol. The van der Waals surface area contributed by atoms with Gasteiger partial charge in [-0.3, -0.25) is 0 Å². The molecule has 1 saturated carbocycles. The van der Waals surface area contributed by atoms with Crippen LogP contribution in [0.1, 0.15) is 26.7 Å². The lowest BCUT2D eigenvalue weighted by Crippen LogP contribution is -2.47. The molecule has 0 spiro atoms. The highest BCUT2D eigenvalue weighted by Crippen LogP contribution is 2.59. The minimum absolute atomic E-state index is 0.268. The molecule has 1 fully saturated rings. The van der Waals surface area contributed by atoms with E-state index in [4.69, 9.17) is 0 Å². The molecule has 15 heavy (non-hydrogen) atoms. The number of esters is 1. The molecule has 3 aliphatic carbocycles. The van der Waals surface area contributed by atoms with E-state index in [9.17, 15) is 4.79 Å². The van der Waals surface area contributed by atoms with Crippen LogP contribution >= 0.6 is 0 Å². The lowest BCUT2D eigenvalue weighted by molar-refractivity contribution is -0.134. The van der Waals surface area contributed by atoms with Crippen molar-refractivity contribution in [2.75, 3.05) is 7.11 Å². The van der Waals surface area contributed by atoms with E-state index in [2.05, 4.69) is 24.7 Å². The van der Waals surface area contributed by atoms with E-state index in [0.29, 0.717) is 11.3 Å². The van der Waals surface area contributed by atoms with E-state index in [1.807, 2.05) is 6.08 Å². The average molecular weight is 206 g/mol. The highest BCUT2D eigenvalue weighted by Gasteiger charge is 2.50. The normalized spacial score (nSPS) is 32.1. The molecule has 82 valence electrons. The first-order valence-electron chi connectivity index (χ1n) is 5.51. The lowest BCUT2D eigenvalue weighted by atomic mass is 9.49. The number of ether oxygens (including phenoxy) is 1. The minimum atomic E-state index is -0.268. The third-order valence-corrected chi connectivity index (χ3v) is 4.12. The van der Waals surface area contributed by atoms with Crippen molar-refractivity contribution in [3.63, 3.8) is 0 Å². The molecule has 0 aliphatic heterocycles. The number of carbonyl (C=O) groups is 1. The van der Waals surface area contributed by atoms with Crippen LogP contribution in [0.5, 0.6) is 0 Å². The Kier molecular flexibility index (Phi) is 2.45. The van der Waals surface area contributed by atoms with E-state index in [0.717, 1.165) is 12.3 Å². The fourth-order valence-corrected chi connectivity index (χ4v) is 2.82. The van der Waals surface area contributed by atoms with Crippen molar-refractivity contribution in [3.05, 3.63) is 23.8 Å². The minimum Gasteiger partial charge on any atom is -0.466 e. The van der Waals surface area contributed by atoms with Crippen LogP contribution in [0.3, 0.4) is 0 Å². The maximum atomic E-state index is 11.0. The quantitative estimate of drug-likeness (QED) is 0.513. The molecule has 0 heterocycles. The number of allylic oxidation sites excluding steroid dienone is 3. The zero-order valence-corrected chi connectivity index (χ0v) is 9.62. The predicted octanol–water partition coefficient (Wildman–Crippen LogP) is 2.71. The van der Waals surface area contributed by atoms with Crippen molar-refractivity contribution in [1.29, 1.82) is 0 Å². The molecule has 0 radical (unpaired) electrons. The second kappa shape index (κ2) is 3.51. The van der Waals surface area contributed by atoms with Gasteiger partial charge >= 0.3 is 5.97 Å². The monoisotopic (exact) mass is 206 g/mol. The van der Waals surface area contributed by atoms with Crippen molar-refractivity contribution < 1.29 is 9.53 Å². The van der Waals surface area contributed by atoms with Gasteiger partial charge in [-0.05, 0) is 35.7 Å². The number of hydrogen-bond donors (Lipinski definition) is 0. The fraction of sp³-hybridized carbons (Fsp3) is 0.615. The van der Waals surface area contributed by atoms with Crippen LogP contribution in [-0.2, 0) is 9.53 Å². The molecule has 0 N–H and O–H groups in total. The Bertz CT molecular complexity index is 336. The summed E-state index contributed by atoms with van der Waals surface area (Å²) in [5, 5.41) is 0. The Morgan fingerprint density at radius 2 is 2.33 bits per heavy atom. The highest BCUT2D eigenvalue weighted by molar-refractivity contribution is 5.82. The van der Waals surface area contributed by atoms with Crippen molar-refractivity contribution >= 4 is 5.97 Å². The third kappa shape index (κ3) is 1.62. The largest absolute Gasteiger partial charge is 0.466 e. The van der Waals surface area contributed by atoms with Gasteiger partial charge in [-0.1, -0.05) is 26.0 Å². The van der Waals surface area contributed by atoms with Gasteiger partial charge in [0.2, 0.25) is 0 Å². The van der Waals surface area contributed by atoms with Crippen LogP contribution in [0.15, 0.2) is 23.8 Å². The molecule has 2 bridgehead atoms. The smallest absolute Gasteiger partial charge is 0.330 e. The Balaban J connectivity index is 2.09. The van der Waals surface area contributed by atoms with Crippen LogP contribution in [0, 0.1) is 17.3 Å². The molecule has 2 unspecified atom stereocenters. The molecule has 0 amide bonds. The van der Waals surface area contributed by atoms with Gasteiger partial charge in [0.25, 0.3) is 0 Å². The molecule has 2 atom stereocenters. The van der Waals surface area contributed by atoms with E-state index >= 15 is 0 Å². The summed E-state index contributed by atoms with van der Waals surface area (Å²) in [6, 6.07) is 0. The second-order valence-corrected chi connectivity index (χ2v) is 5.10. The maximum absolute atomic E-state index is 11.0. The van der Waals surface area contributed by atoms with Crippen molar-refractivity contribution in [3.8, 4) is 0 Å². The number of methoxy groups -OCH3 is 1. The lowest BCUT2D eigenvalue weighted by Gasteiger charge is -2.56. The van der Waals surface area contributed by atoms with Gasteiger partial charge < -0.3 is 4.74 Å². The van der Waals surface area contributed by atoms with E-state index in [1.165, 1.54) is 25.2 Å². The number of carbonyl (C=O) groups excluding carboxylic acids is 1. The topological polar surface area (TPSA) is 26.3 Å². The standard InChI is InChI=1S/C13H18O2/c1-13(2)10-6-4-9(11(13)8-10)5-7-12(14)15-3/h4-5,7,10-11H,6,8H2,1-3H3. The van der Waals surface area contributed by atoms with Gasteiger partial charge in [0.1, 0.15) is 0 Å².